The molecule has 31 heavy (non-hydrogen) atoms. The maximum Gasteiger partial charge on any atom is 0.181 e. The number of nitrogen functional groups attached to an aromatic ring is 1. The summed E-state index contributed by atoms with van der Waals surface area (Å²) in [5.41, 5.74) is 13.0. The average Bonchev–Trinajstić information content (AvgIpc) is 3.50. The van der Waals surface area contributed by atoms with Gasteiger partial charge in [0, 0.05) is 35.9 Å². The van der Waals surface area contributed by atoms with E-state index in [4.69, 9.17) is 10.7 Å². The molecule has 0 aliphatic rings. The van der Waals surface area contributed by atoms with Crippen LogP contribution in [0.2, 0.25) is 0 Å². The lowest BCUT2D eigenvalue weighted by Gasteiger charge is -2.02. The number of pyridine rings is 3. The van der Waals surface area contributed by atoms with Crippen LogP contribution in [0.25, 0.3) is 50.4 Å². The molecule has 6 aromatic rings. The maximum atomic E-state index is 5.89. The zero-order valence-electron chi connectivity index (χ0n) is 16.4. The number of nitrogens with two attached hydrogens (primary N) is 1. The summed E-state index contributed by atoms with van der Waals surface area (Å²) in [5.74, 6) is 0.647. The molecule has 0 aliphatic heterocycles. The second kappa shape index (κ2) is 6.46. The zero-order chi connectivity index (χ0) is 20.9. The van der Waals surface area contributed by atoms with Gasteiger partial charge in [-0.25, -0.2) is 15.0 Å². The highest BCUT2D eigenvalue weighted by atomic mass is 15.2. The highest BCUT2D eigenvalue weighted by molar-refractivity contribution is 5.94. The molecule has 0 atom stereocenters. The molecule has 6 rings (SSSR count). The molecule has 6 heterocycles. The van der Waals surface area contributed by atoms with Gasteiger partial charge in [0.05, 0.1) is 46.7 Å². The minimum atomic E-state index is 0.595. The number of hydrogen-bond acceptors (Lipinski definition) is 7. The summed E-state index contributed by atoms with van der Waals surface area (Å²) >= 11 is 0. The molecule has 4 N–H and O–H groups in total. The van der Waals surface area contributed by atoms with Crippen LogP contribution in [0.3, 0.4) is 0 Å². The Labute approximate surface area is 175 Å². The molecule has 0 spiro atoms. The van der Waals surface area contributed by atoms with Crippen molar-refractivity contribution in [3.05, 3.63) is 61.3 Å². The van der Waals surface area contributed by atoms with E-state index in [0.717, 1.165) is 44.6 Å². The van der Waals surface area contributed by atoms with Gasteiger partial charge in [-0.2, -0.15) is 5.10 Å². The molecule has 150 valence electrons. The van der Waals surface area contributed by atoms with Crippen LogP contribution < -0.4 is 5.73 Å². The second-order valence-corrected chi connectivity index (χ2v) is 7.26. The van der Waals surface area contributed by atoms with E-state index in [-0.39, 0.29) is 0 Å². The van der Waals surface area contributed by atoms with E-state index in [2.05, 4.69) is 35.1 Å². The number of anilines is 1. The first-order valence-electron chi connectivity index (χ1n) is 9.56. The van der Waals surface area contributed by atoms with Gasteiger partial charge in [-0.3, -0.25) is 15.1 Å². The lowest BCUT2D eigenvalue weighted by atomic mass is 10.1. The van der Waals surface area contributed by atoms with Crippen LogP contribution in [0.4, 0.5) is 5.69 Å². The Kier molecular flexibility index (Phi) is 3.60. The molecule has 0 unspecified atom stereocenters. The van der Waals surface area contributed by atoms with E-state index in [0.29, 0.717) is 17.2 Å². The van der Waals surface area contributed by atoms with Gasteiger partial charge in [-0.15, -0.1) is 0 Å². The normalized spacial score (nSPS) is 11.5. The number of imidazole rings is 2. The predicted octanol–water partition coefficient (Wildman–Crippen LogP) is 3.03. The molecule has 0 amide bonds. The monoisotopic (exact) mass is 408 g/mol. The lowest BCUT2D eigenvalue weighted by molar-refractivity contribution is 1.05. The fourth-order valence-corrected chi connectivity index (χ4v) is 3.63. The molecule has 10 nitrogen and oxygen atoms in total. The summed E-state index contributed by atoms with van der Waals surface area (Å²) in [6.07, 6.45) is 12.3. The van der Waals surface area contributed by atoms with Gasteiger partial charge < -0.3 is 15.3 Å². The van der Waals surface area contributed by atoms with Crippen molar-refractivity contribution in [2.75, 3.05) is 5.73 Å². The van der Waals surface area contributed by atoms with Crippen molar-refractivity contribution in [2.24, 2.45) is 0 Å². The molecular weight excluding hydrogens is 392 g/mol. The van der Waals surface area contributed by atoms with Crippen LogP contribution in [0, 0.1) is 6.92 Å². The Bertz CT molecular complexity index is 1570. The average molecular weight is 408 g/mol. The van der Waals surface area contributed by atoms with Crippen molar-refractivity contribution >= 4 is 27.8 Å². The molecule has 0 bridgehead atoms. The van der Waals surface area contributed by atoms with Crippen LogP contribution >= 0.6 is 0 Å². The first kappa shape index (κ1) is 17.3. The van der Waals surface area contributed by atoms with E-state index in [9.17, 15) is 0 Å². The number of hydrogen-bond donors (Lipinski definition) is 3. The molecule has 0 aliphatic carbocycles. The molecule has 6 aromatic heterocycles. The Morgan fingerprint density at radius 3 is 2.68 bits per heavy atom. The van der Waals surface area contributed by atoms with Crippen molar-refractivity contribution in [3.63, 3.8) is 0 Å². The van der Waals surface area contributed by atoms with Crippen LogP contribution in [0.5, 0.6) is 0 Å². The molecule has 0 aromatic carbocycles. The van der Waals surface area contributed by atoms with Crippen LogP contribution in [-0.4, -0.2) is 44.7 Å². The highest BCUT2D eigenvalue weighted by Gasteiger charge is 2.16. The van der Waals surface area contributed by atoms with Gasteiger partial charge in [-0.05, 0) is 19.1 Å². The molecular formula is C21H16N10. The Morgan fingerprint density at radius 2 is 1.84 bits per heavy atom. The van der Waals surface area contributed by atoms with Gasteiger partial charge in [0.1, 0.15) is 11.2 Å². The first-order chi connectivity index (χ1) is 15.2. The van der Waals surface area contributed by atoms with Gasteiger partial charge in [0.15, 0.2) is 11.5 Å². The molecule has 0 saturated heterocycles. The minimum Gasteiger partial charge on any atom is -0.397 e. The number of nitrogens with one attached hydrogen (secondary N) is 2. The van der Waals surface area contributed by atoms with Crippen LogP contribution in [-0.2, 0) is 0 Å². The molecule has 0 radical (unpaired) electrons. The van der Waals surface area contributed by atoms with Crippen LogP contribution in [0.15, 0.2) is 55.6 Å². The second-order valence-electron chi connectivity index (χ2n) is 7.26. The van der Waals surface area contributed by atoms with Crippen LogP contribution in [0.1, 0.15) is 5.69 Å². The summed E-state index contributed by atoms with van der Waals surface area (Å²) in [5, 5.41) is 8.23. The Balaban J connectivity index is 1.51. The molecule has 0 fully saturated rings. The number of fused-ring (bicyclic) bond motifs is 2. The van der Waals surface area contributed by atoms with E-state index >= 15 is 0 Å². The summed E-state index contributed by atoms with van der Waals surface area (Å²) in [6, 6.07) is 3.87. The standard InChI is InChI=1S/C21H16N10/c1-11-9-31(10-26-11)17-8-24-7-16-19(17)28-21(27-16)18-15-3-13(5-25-20(15)30-29-18)12-2-14(22)6-23-4-12/h2-10H,22H2,1H3,(H,27,28)(H,25,29,30). The summed E-state index contributed by atoms with van der Waals surface area (Å²) in [4.78, 5) is 25.5. The minimum absolute atomic E-state index is 0.595. The van der Waals surface area contributed by atoms with E-state index in [1.165, 1.54) is 0 Å². The van der Waals surface area contributed by atoms with Crippen molar-refractivity contribution in [3.8, 4) is 28.3 Å². The SMILES string of the molecule is Cc1cn(-c2cncc3[nH]c(-c4[nH]nc5ncc(-c6cncc(N)c6)cc45)nc23)cn1. The van der Waals surface area contributed by atoms with Gasteiger partial charge >= 0.3 is 0 Å². The number of aromatic nitrogens is 9. The number of nitrogens with zero attached hydrogens (tertiary/aromatic N) is 7. The van der Waals surface area contributed by atoms with Gasteiger partial charge in [-0.1, -0.05) is 0 Å². The van der Waals surface area contributed by atoms with Crippen molar-refractivity contribution < 1.29 is 0 Å². The topological polar surface area (TPSA) is 140 Å². The largest absolute Gasteiger partial charge is 0.397 e. The fraction of sp³-hybridized carbons (Fsp3) is 0.0476. The summed E-state index contributed by atoms with van der Waals surface area (Å²) in [7, 11) is 0. The van der Waals surface area contributed by atoms with Gasteiger partial charge in [0.2, 0.25) is 0 Å². The molecule has 0 saturated carbocycles. The van der Waals surface area contributed by atoms with Gasteiger partial charge in [0.25, 0.3) is 0 Å². The third kappa shape index (κ3) is 2.81. The number of rotatable bonds is 3. The third-order valence-electron chi connectivity index (χ3n) is 5.10. The lowest BCUT2D eigenvalue weighted by Crippen LogP contribution is -1.92. The van der Waals surface area contributed by atoms with E-state index in [1.54, 1.807) is 37.3 Å². The zero-order valence-corrected chi connectivity index (χ0v) is 16.4. The van der Waals surface area contributed by atoms with E-state index in [1.807, 2.05) is 29.8 Å². The highest BCUT2D eigenvalue weighted by Crippen LogP contribution is 2.30. The predicted molar refractivity (Wildman–Crippen MR) is 116 cm³/mol. The smallest absolute Gasteiger partial charge is 0.181 e. The van der Waals surface area contributed by atoms with Crippen molar-refractivity contribution in [2.45, 2.75) is 6.92 Å². The molecule has 10 heteroatoms. The quantitative estimate of drug-likeness (QED) is 0.409. The maximum absolute atomic E-state index is 5.89. The Hall–Kier alpha value is -4.60. The fourth-order valence-electron chi connectivity index (χ4n) is 3.63. The number of aromatic amines is 2. The summed E-state index contributed by atoms with van der Waals surface area (Å²) in [6.45, 7) is 1.94. The third-order valence-corrected chi connectivity index (χ3v) is 5.10. The van der Waals surface area contributed by atoms with E-state index < -0.39 is 0 Å². The summed E-state index contributed by atoms with van der Waals surface area (Å²) < 4.78 is 1.91. The van der Waals surface area contributed by atoms with Crippen molar-refractivity contribution in [1.29, 1.82) is 0 Å². The first-order valence-corrected chi connectivity index (χ1v) is 9.56. The van der Waals surface area contributed by atoms with Crippen molar-refractivity contribution in [1.82, 2.24) is 44.7 Å². The number of H-pyrrole nitrogens is 2. The number of aryl methyl sites for hydroxylation is 1. The Morgan fingerprint density at radius 1 is 0.968 bits per heavy atom.